The average molecular weight is 227 g/mol. The minimum atomic E-state index is -1.08. The van der Waals surface area contributed by atoms with Gasteiger partial charge >= 0.3 is 0 Å². The third kappa shape index (κ3) is 6.65. The molecule has 0 nitrogen and oxygen atoms in total. The third-order valence-electron chi connectivity index (χ3n) is 4.77. The maximum absolute atomic E-state index is 2.44. The highest BCUT2D eigenvalue weighted by molar-refractivity contribution is 6.79. The summed E-state index contributed by atoms with van der Waals surface area (Å²) >= 11 is -1.08. The topological polar surface area (TPSA) is 0 Å². The molecule has 0 aromatic rings. The first-order valence-corrected chi connectivity index (χ1v) is 10.7. The SMILES string of the molecule is CCCCCCC[CH2][Al-]([CH2]C)([CH2]C)[CH2]C. The molecular weight excluding hydrogens is 195 g/mol. The van der Waals surface area contributed by atoms with Crippen LogP contribution in [-0.4, -0.2) is 13.1 Å². The van der Waals surface area contributed by atoms with Gasteiger partial charge in [-0.25, -0.2) is 0 Å². The molecule has 0 atom stereocenters. The second-order valence-electron chi connectivity index (χ2n) is 5.51. The minimum Gasteiger partial charge on any atom is -0.194 e. The molecule has 0 aliphatic rings. The molecule has 0 amide bonds. The van der Waals surface area contributed by atoms with Crippen molar-refractivity contribution in [3.05, 3.63) is 0 Å². The molecule has 0 aromatic heterocycles. The second-order valence-corrected chi connectivity index (χ2v) is 12.0. The van der Waals surface area contributed by atoms with Crippen LogP contribution < -0.4 is 0 Å². The smallest absolute Gasteiger partial charge is 0.133 e. The summed E-state index contributed by atoms with van der Waals surface area (Å²) in [4.78, 5) is 0. The van der Waals surface area contributed by atoms with Crippen LogP contribution in [0, 0.1) is 0 Å². The van der Waals surface area contributed by atoms with Crippen molar-refractivity contribution in [2.45, 2.75) is 87.4 Å². The van der Waals surface area contributed by atoms with Crippen LogP contribution >= 0.6 is 0 Å². The zero-order chi connectivity index (χ0) is 11.6. The fraction of sp³-hybridized carbons (Fsp3) is 1.00. The predicted molar refractivity (Wildman–Crippen MR) is 75.4 cm³/mol. The van der Waals surface area contributed by atoms with Crippen LogP contribution in [0.25, 0.3) is 0 Å². The van der Waals surface area contributed by atoms with Crippen LogP contribution in [0.1, 0.15) is 66.2 Å². The Hall–Kier alpha value is 0.532. The van der Waals surface area contributed by atoms with Crippen LogP contribution in [0.15, 0.2) is 0 Å². The van der Waals surface area contributed by atoms with Gasteiger partial charge in [0, 0.05) is 0 Å². The van der Waals surface area contributed by atoms with Crippen molar-refractivity contribution in [2.75, 3.05) is 0 Å². The summed E-state index contributed by atoms with van der Waals surface area (Å²) in [5.74, 6) is 0. The Morgan fingerprint density at radius 3 is 1.53 bits per heavy atom. The first-order chi connectivity index (χ1) is 7.24. The van der Waals surface area contributed by atoms with Crippen molar-refractivity contribution in [3.63, 3.8) is 0 Å². The van der Waals surface area contributed by atoms with Gasteiger partial charge in [-0.1, -0.05) is 45.4 Å². The van der Waals surface area contributed by atoms with Gasteiger partial charge < -0.3 is 0 Å². The lowest BCUT2D eigenvalue weighted by Crippen LogP contribution is -2.30. The lowest BCUT2D eigenvalue weighted by molar-refractivity contribution is 0.621. The molecule has 0 bridgehead atoms. The first-order valence-electron chi connectivity index (χ1n) is 7.46. The largest absolute Gasteiger partial charge is 0.194 e. The number of unbranched alkanes of at least 4 members (excludes halogenated alkanes) is 5. The van der Waals surface area contributed by atoms with Crippen LogP contribution in [0.5, 0.6) is 0 Å². The van der Waals surface area contributed by atoms with Crippen LogP contribution in [0.4, 0.5) is 0 Å². The molecule has 0 aromatic carbocycles. The van der Waals surface area contributed by atoms with Gasteiger partial charge in [-0.2, -0.15) is 21.1 Å². The van der Waals surface area contributed by atoms with Crippen molar-refractivity contribution in [2.24, 2.45) is 0 Å². The molecule has 0 aliphatic carbocycles. The van der Waals surface area contributed by atoms with E-state index in [-0.39, 0.29) is 0 Å². The van der Waals surface area contributed by atoms with Gasteiger partial charge in [-0.15, -0.1) is 20.8 Å². The zero-order valence-corrected chi connectivity index (χ0v) is 12.8. The quantitative estimate of drug-likeness (QED) is 0.324. The molecule has 0 saturated carbocycles. The molecule has 0 spiro atoms. The predicted octanol–water partition coefficient (Wildman–Crippen LogP) is 5.86. The fourth-order valence-corrected chi connectivity index (χ4v) is 6.95. The van der Waals surface area contributed by atoms with Gasteiger partial charge in [0.1, 0.15) is 13.1 Å². The van der Waals surface area contributed by atoms with Gasteiger partial charge in [0.15, 0.2) is 0 Å². The molecule has 0 radical (unpaired) electrons. The van der Waals surface area contributed by atoms with Crippen LogP contribution in [-0.2, 0) is 0 Å². The summed E-state index contributed by atoms with van der Waals surface area (Å²) in [7, 11) is 0. The minimum absolute atomic E-state index is 1.08. The van der Waals surface area contributed by atoms with E-state index in [1.807, 2.05) is 0 Å². The third-order valence-corrected chi connectivity index (χ3v) is 11.6. The Labute approximate surface area is 101 Å². The Bertz CT molecular complexity index is 119. The van der Waals surface area contributed by atoms with E-state index in [1.54, 1.807) is 5.28 Å². The van der Waals surface area contributed by atoms with E-state index in [9.17, 15) is 0 Å². The number of hydrogen-bond acceptors (Lipinski definition) is 0. The molecule has 0 aliphatic heterocycles. The van der Waals surface area contributed by atoms with Crippen molar-refractivity contribution in [3.8, 4) is 0 Å². The Morgan fingerprint density at radius 1 is 0.600 bits per heavy atom. The molecule has 0 unspecified atom stereocenters. The standard InChI is InChI=1S/C8H17.3C2H5.Al/c1-3-5-7-8-6-4-2;3*1-2;/h1,3-8H2,2H3;3*1H2,2H3;/q;;;;-1. The summed E-state index contributed by atoms with van der Waals surface area (Å²) < 4.78 is 0. The molecule has 0 heterocycles. The Morgan fingerprint density at radius 2 is 1.07 bits per heavy atom. The van der Waals surface area contributed by atoms with Crippen molar-refractivity contribution in [1.82, 2.24) is 0 Å². The van der Waals surface area contributed by atoms with Crippen molar-refractivity contribution >= 4 is 13.1 Å². The van der Waals surface area contributed by atoms with Crippen LogP contribution in [0.2, 0.25) is 21.1 Å². The van der Waals surface area contributed by atoms with Crippen LogP contribution in [0.3, 0.4) is 0 Å². The normalized spacial score (nSPS) is 12.0. The molecule has 0 fully saturated rings. The van der Waals surface area contributed by atoms with E-state index < -0.39 is 13.1 Å². The molecule has 0 N–H and O–H groups in total. The van der Waals surface area contributed by atoms with E-state index in [4.69, 9.17) is 0 Å². The number of rotatable bonds is 10. The van der Waals surface area contributed by atoms with Gasteiger partial charge in [0.25, 0.3) is 0 Å². The molecule has 92 valence electrons. The summed E-state index contributed by atoms with van der Waals surface area (Å²) in [6, 6.07) is 0. The summed E-state index contributed by atoms with van der Waals surface area (Å²) in [6.45, 7) is 9.61. The van der Waals surface area contributed by atoms with Gasteiger partial charge in [-0.05, 0) is 0 Å². The van der Waals surface area contributed by atoms with Gasteiger partial charge in [-0.3, -0.25) is 0 Å². The number of hydrogen-bond donors (Lipinski definition) is 0. The molecule has 15 heavy (non-hydrogen) atoms. The highest BCUT2D eigenvalue weighted by atomic mass is 27.2. The summed E-state index contributed by atoms with van der Waals surface area (Å²) in [6.07, 6.45) is 8.81. The first kappa shape index (κ1) is 15.5. The molecular formula is C14H32Al-. The fourth-order valence-electron chi connectivity index (χ4n) is 2.84. The van der Waals surface area contributed by atoms with E-state index >= 15 is 0 Å². The highest BCUT2D eigenvalue weighted by Crippen LogP contribution is 2.27. The van der Waals surface area contributed by atoms with Crippen molar-refractivity contribution in [1.29, 1.82) is 0 Å². The Balaban J connectivity index is 3.54. The monoisotopic (exact) mass is 227 g/mol. The van der Waals surface area contributed by atoms with Gasteiger partial charge in [0.05, 0.1) is 0 Å². The van der Waals surface area contributed by atoms with E-state index in [2.05, 4.69) is 27.7 Å². The maximum atomic E-state index is 2.44. The lowest BCUT2D eigenvalue weighted by Gasteiger charge is -2.32. The zero-order valence-electron chi connectivity index (χ0n) is 11.6. The van der Waals surface area contributed by atoms with E-state index in [0.717, 1.165) is 0 Å². The van der Waals surface area contributed by atoms with E-state index in [1.165, 1.54) is 54.4 Å². The highest BCUT2D eigenvalue weighted by Gasteiger charge is 2.21. The van der Waals surface area contributed by atoms with Gasteiger partial charge in [0.2, 0.25) is 0 Å². The molecule has 0 saturated heterocycles. The van der Waals surface area contributed by atoms with E-state index in [0.29, 0.717) is 0 Å². The Kier molecular flexibility index (Phi) is 10.1. The summed E-state index contributed by atoms with van der Waals surface area (Å²) in [5, 5.41) is 6.24. The van der Waals surface area contributed by atoms with Crippen molar-refractivity contribution < 1.29 is 0 Å². The lowest BCUT2D eigenvalue weighted by atomic mass is 10.1. The second kappa shape index (κ2) is 9.74. The maximum Gasteiger partial charge on any atom is 0.133 e. The molecule has 1 heteroatoms. The average Bonchev–Trinajstić information content (AvgIpc) is 2.29. The summed E-state index contributed by atoms with van der Waals surface area (Å²) in [5.41, 5.74) is 0. The molecule has 0 rings (SSSR count).